The molecule has 2 amide bonds. The van der Waals surface area contributed by atoms with Crippen molar-refractivity contribution in [3.8, 4) is 11.3 Å². The molecule has 0 saturated carbocycles. The third-order valence-electron chi connectivity index (χ3n) is 4.74. The number of aromatic amines is 1. The first-order valence-electron chi connectivity index (χ1n) is 10.1. The molecule has 0 atom stereocenters. The van der Waals surface area contributed by atoms with Crippen molar-refractivity contribution in [1.82, 2.24) is 15.1 Å². The predicted molar refractivity (Wildman–Crippen MR) is 124 cm³/mol. The lowest BCUT2D eigenvalue weighted by molar-refractivity contribution is -0.119. The number of ether oxygens (including phenoxy) is 1. The summed E-state index contributed by atoms with van der Waals surface area (Å²) in [6.45, 7) is 4.64. The van der Waals surface area contributed by atoms with Crippen molar-refractivity contribution in [3.63, 3.8) is 0 Å². The van der Waals surface area contributed by atoms with Gasteiger partial charge in [0.15, 0.2) is 6.61 Å². The van der Waals surface area contributed by atoms with E-state index in [9.17, 15) is 14.4 Å². The number of benzene rings is 2. The highest BCUT2D eigenvalue weighted by Gasteiger charge is 2.15. The minimum atomic E-state index is -0.684. The van der Waals surface area contributed by atoms with Crippen LogP contribution >= 0.6 is 15.9 Å². The number of hydrogen-bond acceptors (Lipinski definition) is 5. The van der Waals surface area contributed by atoms with Crippen LogP contribution in [0.15, 0.2) is 59.1 Å². The van der Waals surface area contributed by atoms with E-state index >= 15 is 0 Å². The summed E-state index contributed by atoms with van der Waals surface area (Å²) in [5.41, 5.74) is 2.62. The van der Waals surface area contributed by atoms with E-state index in [1.165, 1.54) is 0 Å². The zero-order valence-corrected chi connectivity index (χ0v) is 19.3. The molecule has 1 heterocycles. The van der Waals surface area contributed by atoms with Gasteiger partial charge >= 0.3 is 5.97 Å². The molecule has 0 radical (unpaired) electrons. The van der Waals surface area contributed by atoms with Crippen LogP contribution in [0, 0.1) is 0 Å². The minimum absolute atomic E-state index is 0.0659. The maximum atomic E-state index is 12.3. The van der Waals surface area contributed by atoms with E-state index in [1.54, 1.807) is 35.2 Å². The van der Waals surface area contributed by atoms with Crippen molar-refractivity contribution in [2.75, 3.05) is 25.0 Å². The lowest BCUT2D eigenvalue weighted by Crippen LogP contribution is -2.30. The smallest absolute Gasteiger partial charge is 0.356 e. The molecule has 0 spiro atoms. The molecule has 1 aromatic heterocycles. The van der Waals surface area contributed by atoms with E-state index in [4.69, 9.17) is 4.74 Å². The van der Waals surface area contributed by atoms with Gasteiger partial charge in [0.25, 0.3) is 11.8 Å². The van der Waals surface area contributed by atoms with Crippen molar-refractivity contribution in [2.24, 2.45) is 0 Å². The normalized spacial score (nSPS) is 10.5. The number of aromatic nitrogens is 2. The largest absolute Gasteiger partial charge is 0.451 e. The van der Waals surface area contributed by atoms with Gasteiger partial charge in [0.05, 0.1) is 5.69 Å². The Balaban J connectivity index is 1.52. The average Bonchev–Trinajstić information content (AvgIpc) is 3.29. The van der Waals surface area contributed by atoms with Gasteiger partial charge in [-0.25, -0.2) is 4.79 Å². The van der Waals surface area contributed by atoms with Gasteiger partial charge in [-0.15, -0.1) is 0 Å². The Morgan fingerprint density at radius 3 is 2.31 bits per heavy atom. The highest BCUT2D eigenvalue weighted by atomic mass is 79.9. The summed E-state index contributed by atoms with van der Waals surface area (Å²) in [5, 5.41) is 9.37. The first kappa shape index (κ1) is 23.2. The molecule has 0 aliphatic rings. The summed E-state index contributed by atoms with van der Waals surface area (Å²) in [5.74, 6) is -1.24. The van der Waals surface area contributed by atoms with Crippen LogP contribution in [-0.2, 0) is 9.53 Å². The molecule has 2 N–H and O–H groups in total. The molecule has 8 nitrogen and oxygen atoms in total. The van der Waals surface area contributed by atoms with Gasteiger partial charge in [0, 0.05) is 34.4 Å². The second kappa shape index (κ2) is 10.7. The molecule has 166 valence electrons. The predicted octanol–water partition coefficient (Wildman–Crippen LogP) is 4.12. The molecule has 32 heavy (non-hydrogen) atoms. The Morgan fingerprint density at radius 2 is 1.69 bits per heavy atom. The molecule has 0 aliphatic carbocycles. The first-order valence-corrected chi connectivity index (χ1v) is 10.9. The Morgan fingerprint density at radius 1 is 1.03 bits per heavy atom. The number of esters is 1. The summed E-state index contributed by atoms with van der Waals surface area (Å²) in [7, 11) is 0. The van der Waals surface area contributed by atoms with Crippen molar-refractivity contribution in [3.05, 3.63) is 70.3 Å². The Hall–Kier alpha value is -3.46. The van der Waals surface area contributed by atoms with Gasteiger partial charge in [-0.3, -0.25) is 14.7 Å². The molecular weight excluding hydrogens is 476 g/mol. The molecule has 0 saturated heterocycles. The zero-order chi connectivity index (χ0) is 23.1. The van der Waals surface area contributed by atoms with Crippen molar-refractivity contribution < 1.29 is 19.1 Å². The van der Waals surface area contributed by atoms with E-state index in [2.05, 4.69) is 31.4 Å². The third kappa shape index (κ3) is 5.82. The first-order chi connectivity index (χ1) is 15.4. The van der Waals surface area contributed by atoms with Crippen molar-refractivity contribution in [1.29, 1.82) is 0 Å². The van der Waals surface area contributed by atoms with Gasteiger partial charge in [-0.1, -0.05) is 28.1 Å². The lowest BCUT2D eigenvalue weighted by Gasteiger charge is -2.18. The van der Waals surface area contributed by atoms with E-state index < -0.39 is 18.5 Å². The second-order valence-electron chi connectivity index (χ2n) is 6.85. The maximum absolute atomic E-state index is 12.3. The lowest BCUT2D eigenvalue weighted by atomic mass is 10.1. The molecule has 3 aromatic rings. The van der Waals surface area contributed by atoms with Crippen molar-refractivity contribution >= 4 is 39.4 Å². The van der Waals surface area contributed by atoms with Gasteiger partial charge in [-0.05, 0) is 56.3 Å². The van der Waals surface area contributed by atoms with Gasteiger partial charge in [0.2, 0.25) is 0 Å². The van der Waals surface area contributed by atoms with Crippen LogP contribution in [0.4, 0.5) is 5.69 Å². The summed E-state index contributed by atoms with van der Waals surface area (Å²) < 4.78 is 6.00. The highest BCUT2D eigenvalue weighted by Crippen LogP contribution is 2.20. The summed E-state index contributed by atoms with van der Waals surface area (Å²) in [4.78, 5) is 38.4. The van der Waals surface area contributed by atoms with Crippen LogP contribution in [0.2, 0.25) is 0 Å². The molecule has 9 heteroatoms. The molecule has 0 fully saturated rings. The second-order valence-corrected chi connectivity index (χ2v) is 7.77. The number of amides is 2. The number of nitrogens with one attached hydrogen (secondary N) is 2. The van der Waals surface area contributed by atoms with Crippen LogP contribution in [0.25, 0.3) is 11.3 Å². The summed E-state index contributed by atoms with van der Waals surface area (Å²) in [6, 6.07) is 15.6. The van der Waals surface area contributed by atoms with Crippen LogP contribution in [0.1, 0.15) is 34.7 Å². The number of H-pyrrole nitrogens is 1. The van der Waals surface area contributed by atoms with E-state index in [1.807, 2.05) is 38.1 Å². The van der Waals surface area contributed by atoms with Crippen LogP contribution in [0.5, 0.6) is 0 Å². The molecular formula is C23H23BrN4O4. The minimum Gasteiger partial charge on any atom is -0.451 e. The fourth-order valence-electron chi connectivity index (χ4n) is 2.99. The molecule has 0 aliphatic heterocycles. The number of halogens is 1. The van der Waals surface area contributed by atoms with Gasteiger partial charge in [-0.2, -0.15) is 5.10 Å². The molecule has 0 unspecified atom stereocenters. The number of anilines is 1. The molecule has 0 bridgehead atoms. The van der Waals surface area contributed by atoms with E-state index in [0.717, 1.165) is 10.0 Å². The Bertz CT molecular complexity index is 1090. The van der Waals surface area contributed by atoms with E-state index in [0.29, 0.717) is 30.0 Å². The van der Waals surface area contributed by atoms with Crippen LogP contribution < -0.4 is 5.32 Å². The highest BCUT2D eigenvalue weighted by molar-refractivity contribution is 9.10. The maximum Gasteiger partial charge on any atom is 0.356 e. The number of carbonyl (C=O) groups is 3. The number of nitrogens with zero attached hydrogens (tertiary/aromatic N) is 2. The van der Waals surface area contributed by atoms with Gasteiger partial charge in [0.1, 0.15) is 5.69 Å². The molecule has 2 aromatic carbocycles. The summed E-state index contributed by atoms with van der Waals surface area (Å²) in [6.07, 6.45) is 0. The number of carbonyl (C=O) groups excluding carboxylic acids is 3. The average molecular weight is 499 g/mol. The summed E-state index contributed by atoms with van der Waals surface area (Å²) >= 11 is 3.37. The van der Waals surface area contributed by atoms with E-state index in [-0.39, 0.29) is 11.6 Å². The fraction of sp³-hybridized carbons (Fsp3) is 0.217. The molecule has 3 rings (SSSR count). The Labute approximate surface area is 194 Å². The number of rotatable bonds is 8. The Kier molecular flexibility index (Phi) is 7.77. The quantitative estimate of drug-likeness (QED) is 0.454. The van der Waals surface area contributed by atoms with Gasteiger partial charge < -0.3 is 15.0 Å². The fourth-order valence-corrected chi connectivity index (χ4v) is 3.25. The van der Waals surface area contributed by atoms with Crippen LogP contribution in [0.3, 0.4) is 0 Å². The zero-order valence-electron chi connectivity index (χ0n) is 17.7. The topological polar surface area (TPSA) is 104 Å². The van der Waals surface area contributed by atoms with Crippen molar-refractivity contribution in [2.45, 2.75) is 13.8 Å². The third-order valence-corrected chi connectivity index (χ3v) is 5.27. The standard InChI is InChI=1S/C23H23BrN4O4/c1-3-28(4-2)22(30)16-7-11-18(12-8-16)25-21(29)14-32-23(31)20-13-19(26-27-20)15-5-9-17(24)10-6-15/h5-13H,3-4,14H2,1-2H3,(H,25,29)(H,26,27). The monoisotopic (exact) mass is 498 g/mol. The SMILES string of the molecule is CCN(CC)C(=O)c1ccc(NC(=O)COC(=O)c2cc(-c3ccc(Br)cc3)n[nH]2)cc1. The van der Waals surface area contributed by atoms with Crippen LogP contribution in [-0.4, -0.2) is 52.6 Å². The number of hydrogen-bond donors (Lipinski definition) is 2.